The Kier molecular flexibility index (Phi) is 8.56. The molecule has 0 heterocycles. The molecule has 0 N–H and O–H groups in total. The molecule has 0 unspecified atom stereocenters. The quantitative estimate of drug-likeness (QED) is 0.434. The molecule has 0 aliphatic heterocycles. The molecular formula is C10H18F4O2. The summed E-state index contributed by atoms with van der Waals surface area (Å²) in [6, 6.07) is 0. The van der Waals surface area contributed by atoms with E-state index in [1.165, 1.54) is 0 Å². The highest BCUT2D eigenvalue weighted by molar-refractivity contribution is 4.54. The first-order chi connectivity index (χ1) is 7.50. The van der Waals surface area contributed by atoms with E-state index >= 15 is 0 Å². The molecule has 0 amide bonds. The molecule has 16 heavy (non-hydrogen) atoms. The summed E-state index contributed by atoms with van der Waals surface area (Å²) in [5, 5.41) is 0. The molecule has 0 rings (SSSR count). The fourth-order valence-electron chi connectivity index (χ4n) is 1.03. The van der Waals surface area contributed by atoms with Gasteiger partial charge in [-0.05, 0) is 6.42 Å². The van der Waals surface area contributed by atoms with Crippen LogP contribution in [-0.4, -0.2) is 32.4 Å². The SMILES string of the molecule is CCCCCCOCCOC(F)(F)C(F)F. The summed E-state index contributed by atoms with van der Waals surface area (Å²) < 4.78 is 56.3. The minimum atomic E-state index is -4.37. The normalized spacial score (nSPS) is 12.4. The van der Waals surface area contributed by atoms with Gasteiger partial charge in [-0.2, -0.15) is 8.78 Å². The van der Waals surface area contributed by atoms with Gasteiger partial charge in [-0.1, -0.05) is 26.2 Å². The van der Waals surface area contributed by atoms with Crippen LogP contribution in [0.3, 0.4) is 0 Å². The van der Waals surface area contributed by atoms with Crippen molar-refractivity contribution in [1.29, 1.82) is 0 Å². The van der Waals surface area contributed by atoms with Crippen LogP contribution in [0.1, 0.15) is 32.6 Å². The lowest BCUT2D eigenvalue weighted by molar-refractivity contribution is -0.303. The van der Waals surface area contributed by atoms with E-state index in [-0.39, 0.29) is 6.61 Å². The summed E-state index contributed by atoms with van der Waals surface area (Å²) in [4.78, 5) is 0. The van der Waals surface area contributed by atoms with Gasteiger partial charge in [0.05, 0.1) is 13.2 Å². The third kappa shape index (κ3) is 7.87. The van der Waals surface area contributed by atoms with E-state index in [0.717, 1.165) is 25.7 Å². The van der Waals surface area contributed by atoms with Gasteiger partial charge in [0, 0.05) is 6.61 Å². The molecule has 0 aromatic rings. The second kappa shape index (κ2) is 8.75. The van der Waals surface area contributed by atoms with Gasteiger partial charge in [0.25, 0.3) is 0 Å². The highest BCUT2D eigenvalue weighted by atomic mass is 19.3. The topological polar surface area (TPSA) is 18.5 Å². The fourth-order valence-corrected chi connectivity index (χ4v) is 1.03. The molecule has 98 valence electrons. The average molecular weight is 246 g/mol. The number of hydrogen-bond acceptors (Lipinski definition) is 2. The first-order valence-electron chi connectivity index (χ1n) is 5.38. The van der Waals surface area contributed by atoms with Crippen LogP contribution in [0.25, 0.3) is 0 Å². The Balaban J connectivity index is 3.27. The zero-order valence-corrected chi connectivity index (χ0v) is 9.36. The van der Waals surface area contributed by atoms with Crippen LogP contribution in [0.2, 0.25) is 0 Å². The number of hydrogen-bond donors (Lipinski definition) is 0. The third-order valence-corrected chi connectivity index (χ3v) is 1.92. The summed E-state index contributed by atoms with van der Waals surface area (Å²) >= 11 is 0. The predicted octanol–water partition coefficient (Wildman–Crippen LogP) is 3.46. The number of ether oxygens (including phenoxy) is 2. The maximum absolute atomic E-state index is 12.2. The van der Waals surface area contributed by atoms with E-state index in [0.29, 0.717) is 6.61 Å². The van der Waals surface area contributed by atoms with Gasteiger partial charge in [-0.25, -0.2) is 8.78 Å². The number of unbranched alkanes of at least 4 members (excludes halogenated alkanes) is 3. The van der Waals surface area contributed by atoms with E-state index < -0.39 is 19.1 Å². The van der Waals surface area contributed by atoms with Crippen molar-refractivity contribution in [2.75, 3.05) is 19.8 Å². The third-order valence-electron chi connectivity index (χ3n) is 1.92. The van der Waals surface area contributed by atoms with Crippen LogP contribution >= 0.6 is 0 Å². The number of alkyl halides is 4. The van der Waals surface area contributed by atoms with Gasteiger partial charge in [-0.15, -0.1) is 0 Å². The van der Waals surface area contributed by atoms with Gasteiger partial charge in [0.15, 0.2) is 0 Å². The van der Waals surface area contributed by atoms with Crippen molar-refractivity contribution in [3.8, 4) is 0 Å². The van der Waals surface area contributed by atoms with E-state index in [2.05, 4.69) is 11.7 Å². The molecule has 0 radical (unpaired) electrons. The van der Waals surface area contributed by atoms with Crippen molar-refractivity contribution < 1.29 is 27.0 Å². The summed E-state index contributed by atoms with van der Waals surface area (Å²) in [5.41, 5.74) is 0. The molecule has 2 nitrogen and oxygen atoms in total. The highest BCUT2D eigenvalue weighted by Crippen LogP contribution is 2.23. The standard InChI is InChI=1S/C10H18F4O2/c1-2-3-4-5-6-15-7-8-16-10(13,14)9(11)12/h9H,2-8H2,1H3. The molecule has 0 bridgehead atoms. The Morgan fingerprint density at radius 3 is 2.25 bits per heavy atom. The molecule has 0 saturated heterocycles. The predicted molar refractivity (Wildman–Crippen MR) is 51.9 cm³/mol. The smallest absolute Gasteiger partial charge is 0.379 e. The van der Waals surface area contributed by atoms with Crippen molar-refractivity contribution in [2.45, 2.75) is 45.1 Å². The van der Waals surface area contributed by atoms with Crippen LogP contribution in [0.15, 0.2) is 0 Å². The average Bonchev–Trinajstić information content (AvgIpc) is 2.21. The molecule has 0 atom stereocenters. The van der Waals surface area contributed by atoms with Crippen LogP contribution < -0.4 is 0 Å². The van der Waals surface area contributed by atoms with Crippen LogP contribution in [0, 0.1) is 0 Å². The van der Waals surface area contributed by atoms with Crippen molar-refractivity contribution in [2.24, 2.45) is 0 Å². The van der Waals surface area contributed by atoms with Crippen LogP contribution in [0.4, 0.5) is 17.6 Å². The zero-order valence-electron chi connectivity index (χ0n) is 9.36. The molecule has 0 aromatic carbocycles. The van der Waals surface area contributed by atoms with Gasteiger partial charge in [-0.3, -0.25) is 0 Å². The first-order valence-corrected chi connectivity index (χ1v) is 5.38. The summed E-state index contributed by atoms with van der Waals surface area (Å²) in [6.45, 7) is 1.91. The summed E-state index contributed by atoms with van der Waals surface area (Å²) in [7, 11) is 0. The largest absolute Gasteiger partial charge is 0.416 e. The van der Waals surface area contributed by atoms with Crippen LogP contribution in [0.5, 0.6) is 0 Å². The first kappa shape index (κ1) is 15.6. The van der Waals surface area contributed by atoms with Gasteiger partial charge < -0.3 is 9.47 Å². The Morgan fingerprint density at radius 2 is 1.69 bits per heavy atom. The Labute approximate surface area is 92.9 Å². The van der Waals surface area contributed by atoms with Gasteiger partial charge in [0.2, 0.25) is 0 Å². The lowest BCUT2D eigenvalue weighted by Gasteiger charge is -2.15. The summed E-state index contributed by atoms with van der Waals surface area (Å²) in [6.07, 6.45) is -4.10. The lowest BCUT2D eigenvalue weighted by atomic mass is 10.2. The molecule has 0 spiro atoms. The van der Waals surface area contributed by atoms with Crippen LogP contribution in [-0.2, 0) is 9.47 Å². The minimum Gasteiger partial charge on any atom is -0.379 e. The lowest BCUT2D eigenvalue weighted by Crippen LogP contribution is -2.31. The minimum absolute atomic E-state index is 0.0889. The van der Waals surface area contributed by atoms with Crippen molar-refractivity contribution in [3.63, 3.8) is 0 Å². The molecule has 0 aliphatic rings. The van der Waals surface area contributed by atoms with E-state index in [1.807, 2.05) is 0 Å². The molecule has 0 saturated carbocycles. The monoisotopic (exact) mass is 246 g/mol. The van der Waals surface area contributed by atoms with E-state index in [1.54, 1.807) is 0 Å². The molecule has 6 heteroatoms. The molecule has 0 aliphatic carbocycles. The highest BCUT2D eigenvalue weighted by Gasteiger charge is 2.41. The Bertz CT molecular complexity index is 165. The fraction of sp³-hybridized carbons (Fsp3) is 1.00. The molecule has 0 aromatic heterocycles. The second-order valence-corrected chi connectivity index (χ2v) is 3.38. The van der Waals surface area contributed by atoms with E-state index in [4.69, 9.17) is 4.74 Å². The van der Waals surface area contributed by atoms with Gasteiger partial charge in [0.1, 0.15) is 0 Å². The number of rotatable bonds is 10. The Hall–Kier alpha value is -0.360. The molecular weight excluding hydrogens is 228 g/mol. The van der Waals surface area contributed by atoms with E-state index in [9.17, 15) is 17.6 Å². The maximum Gasteiger partial charge on any atom is 0.416 e. The molecule has 0 fully saturated rings. The zero-order chi connectivity index (χ0) is 12.4. The summed E-state index contributed by atoms with van der Waals surface area (Å²) in [5.74, 6) is 0. The van der Waals surface area contributed by atoms with Crippen molar-refractivity contribution >= 4 is 0 Å². The maximum atomic E-state index is 12.2. The number of halogens is 4. The Morgan fingerprint density at radius 1 is 1.00 bits per heavy atom. The van der Waals surface area contributed by atoms with Crippen molar-refractivity contribution in [3.05, 3.63) is 0 Å². The van der Waals surface area contributed by atoms with Gasteiger partial charge >= 0.3 is 12.5 Å². The van der Waals surface area contributed by atoms with Crippen molar-refractivity contribution in [1.82, 2.24) is 0 Å². The second-order valence-electron chi connectivity index (χ2n) is 3.38.